The molecule has 8 aromatic carbocycles. The summed E-state index contributed by atoms with van der Waals surface area (Å²) in [7, 11) is 0. The maximum Gasteiger partial charge on any atom is 0.160 e. The maximum atomic E-state index is 6.70. The number of hydrogen-bond donors (Lipinski definition) is 0. The SMILES string of the molecule is c1ccc(-c2ccc(-c3nc(-c4ccccc4)cc(-c4ccc5c(c4)nc(-c4cc6ccccc6c6ccccc46)c4c6ccccc6oc54)n3)cc2)cc1. The smallest absolute Gasteiger partial charge is 0.160 e. The first-order valence-corrected chi connectivity index (χ1v) is 18.5. The molecular formula is C51H31N3O. The van der Waals surface area contributed by atoms with E-state index in [0.717, 1.165) is 83.1 Å². The Bertz CT molecular complexity index is 3240. The molecule has 4 heteroatoms. The molecule has 0 radical (unpaired) electrons. The van der Waals surface area contributed by atoms with Crippen molar-refractivity contribution in [3.8, 4) is 56.3 Å². The minimum Gasteiger partial charge on any atom is -0.455 e. The van der Waals surface area contributed by atoms with Crippen molar-refractivity contribution in [3.63, 3.8) is 0 Å². The van der Waals surface area contributed by atoms with Gasteiger partial charge in [0.05, 0.1) is 28.0 Å². The van der Waals surface area contributed by atoms with E-state index in [1.54, 1.807) is 0 Å². The van der Waals surface area contributed by atoms with Gasteiger partial charge in [-0.1, -0.05) is 158 Å². The average molecular weight is 702 g/mol. The average Bonchev–Trinajstić information content (AvgIpc) is 3.66. The standard InChI is InChI=1S/C51H31N3O/c1-3-13-32(14-4-1)33-23-25-35(26-24-33)51-53-44(34-15-5-2-6-16-34)31-45(54-51)37-27-28-41-46(30-37)52-49(48-42-21-11-12-22-47(42)55-50(41)48)43-29-36-17-7-8-18-38(36)39-19-9-10-20-40(39)43/h1-31H. The number of rotatable bonds is 5. The second kappa shape index (κ2) is 12.6. The largest absolute Gasteiger partial charge is 0.455 e. The molecule has 11 rings (SSSR count). The number of fused-ring (bicyclic) bond motifs is 8. The molecule has 55 heavy (non-hydrogen) atoms. The molecule has 0 aliphatic carbocycles. The first kappa shape index (κ1) is 31.1. The molecule has 4 nitrogen and oxygen atoms in total. The summed E-state index contributed by atoms with van der Waals surface area (Å²) in [4.78, 5) is 15.8. The van der Waals surface area contributed by atoms with E-state index in [1.165, 1.54) is 21.7 Å². The molecule has 0 amide bonds. The Hall–Kier alpha value is -7.43. The van der Waals surface area contributed by atoms with Crippen LogP contribution in [0.15, 0.2) is 192 Å². The zero-order chi connectivity index (χ0) is 36.3. The Balaban J connectivity index is 1.14. The van der Waals surface area contributed by atoms with Crippen molar-refractivity contribution in [2.75, 3.05) is 0 Å². The molecule has 256 valence electrons. The van der Waals surface area contributed by atoms with Crippen LogP contribution in [-0.4, -0.2) is 15.0 Å². The molecule has 0 spiro atoms. The van der Waals surface area contributed by atoms with Crippen LogP contribution in [0.1, 0.15) is 0 Å². The van der Waals surface area contributed by atoms with Crippen LogP contribution in [0, 0.1) is 0 Å². The van der Waals surface area contributed by atoms with E-state index in [4.69, 9.17) is 19.4 Å². The van der Waals surface area contributed by atoms with Crippen LogP contribution in [0.4, 0.5) is 0 Å². The summed E-state index contributed by atoms with van der Waals surface area (Å²) in [5.74, 6) is 0.667. The molecule has 0 unspecified atom stereocenters. The highest BCUT2D eigenvalue weighted by Crippen LogP contribution is 2.43. The quantitative estimate of drug-likeness (QED) is 0.168. The van der Waals surface area contributed by atoms with Crippen molar-refractivity contribution in [2.24, 2.45) is 0 Å². The second-order valence-electron chi connectivity index (χ2n) is 14.0. The van der Waals surface area contributed by atoms with Crippen LogP contribution in [0.25, 0.3) is 111 Å². The molecule has 0 bridgehead atoms. The van der Waals surface area contributed by atoms with E-state index in [-0.39, 0.29) is 0 Å². The van der Waals surface area contributed by atoms with Gasteiger partial charge in [0.2, 0.25) is 0 Å². The highest BCUT2D eigenvalue weighted by molar-refractivity contribution is 6.23. The van der Waals surface area contributed by atoms with Crippen molar-refractivity contribution in [3.05, 3.63) is 188 Å². The van der Waals surface area contributed by atoms with E-state index in [2.05, 4.69) is 152 Å². The minimum atomic E-state index is 0.667. The molecule has 0 fully saturated rings. The molecule has 0 aliphatic rings. The molecule has 11 aromatic rings. The zero-order valence-corrected chi connectivity index (χ0v) is 29.6. The van der Waals surface area contributed by atoms with Gasteiger partial charge in [0, 0.05) is 33.0 Å². The minimum absolute atomic E-state index is 0.667. The van der Waals surface area contributed by atoms with Crippen molar-refractivity contribution in [2.45, 2.75) is 0 Å². The van der Waals surface area contributed by atoms with Gasteiger partial charge in [0.15, 0.2) is 5.82 Å². The van der Waals surface area contributed by atoms with Gasteiger partial charge in [-0.2, -0.15) is 0 Å². The summed E-state index contributed by atoms with van der Waals surface area (Å²) in [6.45, 7) is 0. The summed E-state index contributed by atoms with van der Waals surface area (Å²) >= 11 is 0. The Labute approximate surface area is 317 Å². The summed E-state index contributed by atoms with van der Waals surface area (Å²) < 4.78 is 6.70. The van der Waals surface area contributed by atoms with Gasteiger partial charge in [0.25, 0.3) is 0 Å². The molecule has 0 atom stereocenters. The fourth-order valence-corrected chi connectivity index (χ4v) is 7.99. The number of benzene rings is 8. The Morgan fingerprint density at radius 2 is 0.945 bits per heavy atom. The molecule has 3 heterocycles. The lowest BCUT2D eigenvalue weighted by Gasteiger charge is -2.13. The van der Waals surface area contributed by atoms with Crippen LogP contribution in [0.3, 0.4) is 0 Å². The predicted molar refractivity (Wildman–Crippen MR) is 227 cm³/mol. The molecular weight excluding hydrogens is 671 g/mol. The van der Waals surface area contributed by atoms with Gasteiger partial charge in [-0.15, -0.1) is 0 Å². The van der Waals surface area contributed by atoms with Crippen LogP contribution < -0.4 is 0 Å². The van der Waals surface area contributed by atoms with Gasteiger partial charge in [-0.05, 0) is 63.0 Å². The third kappa shape index (κ3) is 5.26. The van der Waals surface area contributed by atoms with Gasteiger partial charge >= 0.3 is 0 Å². The first-order chi connectivity index (χ1) is 27.2. The van der Waals surface area contributed by atoms with Crippen LogP contribution in [0.5, 0.6) is 0 Å². The molecule has 0 aliphatic heterocycles. The summed E-state index contributed by atoms with van der Waals surface area (Å²) in [6.07, 6.45) is 0. The number of aromatic nitrogens is 3. The normalized spacial score (nSPS) is 11.6. The molecule has 0 saturated heterocycles. The van der Waals surface area contributed by atoms with E-state index < -0.39 is 0 Å². The van der Waals surface area contributed by atoms with Crippen LogP contribution >= 0.6 is 0 Å². The van der Waals surface area contributed by atoms with Gasteiger partial charge < -0.3 is 4.42 Å². The van der Waals surface area contributed by atoms with E-state index in [9.17, 15) is 0 Å². The van der Waals surface area contributed by atoms with Crippen molar-refractivity contribution >= 4 is 54.4 Å². The Kier molecular flexibility index (Phi) is 7.14. The molecule has 0 N–H and O–H groups in total. The number of para-hydroxylation sites is 1. The maximum absolute atomic E-state index is 6.70. The number of hydrogen-bond acceptors (Lipinski definition) is 4. The third-order valence-electron chi connectivity index (χ3n) is 10.7. The summed E-state index contributed by atoms with van der Waals surface area (Å²) in [5.41, 5.74) is 11.4. The van der Waals surface area contributed by atoms with Crippen LogP contribution in [0.2, 0.25) is 0 Å². The monoisotopic (exact) mass is 701 g/mol. The van der Waals surface area contributed by atoms with Gasteiger partial charge in [-0.3, -0.25) is 0 Å². The Morgan fingerprint density at radius 3 is 1.73 bits per heavy atom. The van der Waals surface area contributed by atoms with Crippen molar-refractivity contribution in [1.82, 2.24) is 15.0 Å². The fraction of sp³-hybridized carbons (Fsp3) is 0. The van der Waals surface area contributed by atoms with Crippen molar-refractivity contribution < 1.29 is 4.42 Å². The van der Waals surface area contributed by atoms with Gasteiger partial charge in [0.1, 0.15) is 11.2 Å². The van der Waals surface area contributed by atoms with Crippen molar-refractivity contribution in [1.29, 1.82) is 0 Å². The number of pyridine rings is 1. The Morgan fingerprint density at radius 1 is 0.364 bits per heavy atom. The number of furan rings is 1. The highest BCUT2D eigenvalue weighted by atomic mass is 16.3. The van der Waals surface area contributed by atoms with E-state index in [0.29, 0.717) is 5.82 Å². The van der Waals surface area contributed by atoms with E-state index >= 15 is 0 Å². The first-order valence-electron chi connectivity index (χ1n) is 18.5. The number of nitrogens with zero attached hydrogens (tertiary/aromatic N) is 3. The lowest BCUT2D eigenvalue weighted by Crippen LogP contribution is -1.96. The summed E-state index contributed by atoms with van der Waals surface area (Å²) in [6, 6.07) is 65.4. The highest BCUT2D eigenvalue weighted by Gasteiger charge is 2.21. The van der Waals surface area contributed by atoms with Crippen LogP contribution in [-0.2, 0) is 0 Å². The predicted octanol–water partition coefficient (Wildman–Crippen LogP) is 13.6. The molecule has 3 aromatic heterocycles. The zero-order valence-electron chi connectivity index (χ0n) is 29.6. The lowest BCUT2D eigenvalue weighted by atomic mass is 9.93. The fourth-order valence-electron chi connectivity index (χ4n) is 7.99. The topological polar surface area (TPSA) is 51.8 Å². The lowest BCUT2D eigenvalue weighted by molar-refractivity contribution is 0.672. The molecule has 0 saturated carbocycles. The van der Waals surface area contributed by atoms with Gasteiger partial charge in [-0.25, -0.2) is 15.0 Å². The third-order valence-corrected chi connectivity index (χ3v) is 10.7. The van der Waals surface area contributed by atoms with E-state index in [1.807, 2.05) is 36.4 Å². The summed E-state index contributed by atoms with van der Waals surface area (Å²) in [5, 5.41) is 7.78. The second-order valence-corrected chi connectivity index (χ2v) is 14.0.